The van der Waals surface area contributed by atoms with Crippen LogP contribution in [-0.2, 0) is 12.8 Å². The van der Waals surface area contributed by atoms with E-state index in [1.165, 1.54) is 21.3 Å². The van der Waals surface area contributed by atoms with Crippen molar-refractivity contribution in [3.8, 4) is 28.0 Å². The number of nitrogens with zero attached hydrogens (tertiary/aromatic N) is 5. The molecule has 0 unspecified atom stereocenters. The maximum absolute atomic E-state index is 5.95. The van der Waals surface area contributed by atoms with Gasteiger partial charge < -0.3 is 8.98 Å². The van der Waals surface area contributed by atoms with Gasteiger partial charge >= 0.3 is 0 Å². The van der Waals surface area contributed by atoms with Crippen molar-refractivity contribution >= 4 is 44.7 Å². The highest BCUT2D eigenvalue weighted by atomic mass is 32.2. The van der Waals surface area contributed by atoms with Gasteiger partial charge in [-0.15, -0.1) is 32.9 Å². The lowest BCUT2D eigenvalue weighted by atomic mass is 10.1. The van der Waals surface area contributed by atoms with Crippen LogP contribution < -0.4 is 0 Å². The van der Waals surface area contributed by atoms with Crippen molar-refractivity contribution < 1.29 is 4.42 Å². The van der Waals surface area contributed by atoms with Crippen LogP contribution in [0.2, 0.25) is 0 Å². The predicted octanol–water partition coefficient (Wildman–Crippen LogP) is 7.42. The van der Waals surface area contributed by atoms with Crippen molar-refractivity contribution in [2.75, 3.05) is 0 Å². The van der Waals surface area contributed by atoms with E-state index in [1.807, 2.05) is 24.4 Å². The minimum absolute atomic E-state index is 0.645. The summed E-state index contributed by atoms with van der Waals surface area (Å²) in [7, 11) is 2.09. The third-order valence-corrected chi connectivity index (χ3v) is 8.75. The predicted molar refractivity (Wildman–Crippen MR) is 145 cm³/mol. The highest BCUT2D eigenvalue weighted by Gasteiger charge is 2.22. The van der Waals surface area contributed by atoms with E-state index in [9.17, 15) is 0 Å². The molecule has 1 aromatic carbocycles. The first kappa shape index (κ1) is 22.3. The van der Waals surface area contributed by atoms with Crippen LogP contribution in [0.1, 0.15) is 22.6 Å². The van der Waals surface area contributed by atoms with Gasteiger partial charge in [0.1, 0.15) is 5.76 Å². The summed E-state index contributed by atoms with van der Waals surface area (Å²) in [6, 6.07) is 14.9. The van der Waals surface area contributed by atoms with Gasteiger partial charge in [-0.05, 0) is 66.9 Å². The maximum atomic E-state index is 5.95. The number of fused-ring (bicyclic) bond motifs is 1. The Morgan fingerprint density at radius 3 is 2.69 bits per heavy atom. The van der Waals surface area contributed by atoms with Crippen molar-refractivity contribution in [1.82, 2.24) is 24.3 Å². The van der Waals surface area contributed by atoms with Crippen molar-refractivity contribution in [2.45, 2.75) is 31.7 Å². The quantitative estimate of drug-likeness (QED) is 0.215. The summed E-state index contributed by atoms with van der Waals surface area (Å²) in [5.74, 6) is 2.99. The van der Waals surface area contributed by atoms with Crippen molar-refractivity contribution in [2.24, 2.45) is 7.05 Å². The molecule has 0 saturated heterocycles. The second kappa shape index (κ2) is 8.82. The second-order valence-corrected chi connectivity index (χ2v) is 11.3. The van der Waals surface area contributed by atoms with Crippen LogP contribution in [0.3, 0.4) is 0 Å². The summed E-state index contributed by atoms with van der Waals surface area (Å²) < 4.78 is 11.6. The molecule has 6 nitrogen and oxygen atoms in total. The molecule has 0 radical (unpaired) electrons. The highest BCUT2D eigenvalue weighted by molar-refractivity contribution is 7.98. The molecule has 9 heteroatoms. The van der Waals surface area contributed by atoms with Crippen LogP contribution >= 0.6 is 34.4 Å². The molecule has 0 spiro atoms. The molecule has 0 N–H and O–H groups in total. The number of rotatable bonds is 6. The minimum Gasteiger partial charge on any atom is -0.440 e. The Morgan fingerprint density at radius 2 is 1.89 bits per heavy atom. The fourth-order valence-corrected chi connectivity index (χ4v) is 6.62. The molecule has 5 heterocycles. The van der Waals surface area contributed by atoms with Gasteiger partial charge in [-0.3, -0.25) is 4.57 Å². The highest BCUT2D eigenvalue weighted by Crippen LogP contribution is 2.36. The molecule has 5 aromatic heterocycles. The molecular weight excluding hydrogens is 495 g/mol. The van der Waals surface area contributed by atoms with Gasteiger partial charge in [-0.1, -0.05) is 30.0 Å². The molecule has 176 valence electrons. The fraction of sp³-hybridized carbons (Fsp3) is 0.192. The third-order valence-electron chi connectivity index (χ3n) is 6.09. The van der Waals surface area contributed by atoms with E-state index >= 15 is 0 Å². The lowest BCUT2D eigenvalue weighted by molar-refractivity contribution is 0.542. The average Bonchev–Trinajstić information content (AvgIpc) is 3.65. The first-order chi connectivity index (χ1) is 17.0. The molecule has 0 amide bonds. The molecule has 6 rings (SSSR count). The molecule has 35 heavy (non-hydrogen) atoms. The second-order valence-electron chi connectivity index (χ2n) is 8.48. The molecular formula is C26H23N5OS3. The number of aromatic nitrogens is 5. The van der Waals surface area contributed by atoms with E-state index in [0.717, 1.165) is 38.7 Å². The van der Waals surface area contributed by atoms with Crippen LogP contribution in [0.4, 0.5) is 0 Å². The number of oxazole rings is 1. The molecule has 0 atom stereocenters. The van der Waals surface area contributed by atoms with Gasteiger partial charge in [-0.25, -0.2) is 4.98 Å². The van der Waals surface area contributed by atoms with E-state index in [-0.39, 0.29) is 0 Å². The molecule has 0 aliphatic heterocycles. The van der Waals surface area contributed by atoms with E-state index in [0.29, 0.717) is 11.6 Å². The maximum Gasteiger partial charge on any atom is 0.236 e. The van der Waals surface area contributed by atoms with Crippen LogP contribution in [-0.4, -0.2) is 24.3 Å². The average molecular weight is 518 g/mol. The summed E-state index contributed by atoms with van der Waals surface area (Å²) in [4.78, 5) is 5.80. The van der Waals surface area contributed by atoms with Crippen LogP contribution in [0.25, 0.3) is 38.2 Å². The molecule has 0 saturated carbocycles. The Labute approximate surface area is 215 Å². The van der Waals surface area contributed by atoms with Crippen LogP contribution in [0.5, 0.6) is 0 Å². The molecule has 0 aliphatic carbocycles. The van der Waals surface area contributed by atoms with E-state index < -0.39 is 0 Å². The van der Waals surface area contributed by atoms with Gasteiger partial charge in [0.15, 0.2) is 11.0 Å². The Kier molecular flexibility index (Phi) is 5.63. The topological polar surface area (TPSA) is 61.7 Å². The molecule has 0 fully saturated rings. The largest absolute Gasteiger partial charge is 0.440 e. The lowest BCUT2D eigenvalue weighted by Crippen LogP contribution is -2.04. The summed E-state index contributed by atoms with van der Waals surface area (Å²) in [6.07, 6.45) is 0. The van der Waals surface area contributed by atoms with Gasteiger partial charge in [-0.2, -0.15) is 0 Å². The minimum atomic E-state index is 0.645. The molecule has 0 aliphatic rings. The Hall–Kier alpha value is -3.14. The van der Waals surface area contributed by atoms with E-state index in [1.54, 1.807) is 34.4 Å². The normalized spacial score (nSPS) is 11.7. The number of hydrogen-bond acceptors (Lipinski definition) is 7. The first-order valence-electron chi connectivity index (χ1n) is 11.2. The van der Waals surface area contributed by atoms with Crippen molar-refractivity contribution in [1.29, 1.82) is 0 Å². The standard InChI is InChI=1S/C26H23N5OS3/c1-15-7-8-16(2)20(12-15)31-24(21-13-23-19(30(21)4)9-11-34-23)28-29-26(31)35-14-18-17(3)32-25(27-18)22-6-5-10-33-22/h5-13H,14H2,1-4H3. The van der Waals surface area contributed by atoms with Gasteiger partial charge in [0.25, 0.3) is 0 Å². The Balaban J connectivity index is 1.42. The fourth-order valence-electron chi connectivity index (χ4n) is 4.17. The number of aryl methyl sites for hydroxylation is 4. The number of thioether (sulfide) groups is 1. The van der Waals surface area contributed by atoms with Crippen LogP contribution in [0.15, 0.2) is 62.8 Å². The zero-order valence-electron chi connectivity index (χ0n) is 19.8. The van der Waals surface area contributed by atoms with Gasteiger partial charge in [0.05, 0.1) is 32.2 Å². The summed E-state index contributed by atoms with van der Waals surface area (Å²) in [5.41, 5.74) is 6.64. The summed E-state index contributed by atoms with van der Waals surface area (Å²) in [6.45, 7) is 6.21. The lowest BCUT2D eigenvalue weighted by Gasteiger charge is -2.14. The summed E-state index contributed by atoms with van der Waals surface area (Å²) >= 11 is 5.00. The van der Waals surface area contributed by atoms with Crippen molar-refractivity contribution in [3.05, 3.63) is 75.8 Å². The Morgan fingerprint density at radius 1 is 1.00 bits per heavy atom. The van der Waals surface area contributed by atoms with E-state index in [4.69, 9.17) is 9.40 Å². The van der Waals surface area contributed by atoms with E-state index in [2.05, 4.69) is 75.9 Å². The zero-order valence-corrected chi connectivity index (χ0v) is 22.2. The number of hydrogen-bond donors (Lipinski definition) is 0. The molecule has 0 bridgehead atoms. The van der Waals surface area contributed by atoms with Crippen LogP contribution in [0, 0.1) is 20.8 Å². The monoisotopic (exact) mass is 517 g/mol. The van der Waals surface area contributed by atoms with Gasteiger partial charge in [0, 0.05) is 12.8 Å². The summed E-state index contributed by atoms with van der Waals surface area (Å²) in [5, 5.41) is 14.3. The van der Waals surface area contributed by atoms with Gasteiger partial charge in [0.2, 0.25) is 5.89 Å². The smallest absolute Gasteiger partial charge is 0.236 e. The number of thiophene rings is 2. The van der Waals surface area contributed by atoms with Crippen molar-refractivity contribution in [3.63, 3.8) is 0 Å². The third kappa shape index (κ3) is 3.93. The SMILES string of the molecule is Cc1ccc(C)c(-n2c(SCc3nc(-c4cccs4)oc3C)nnc2-c2cc3sccc3n2C)c1. The number of benzene rings is 1. The Bertz CT molecular complexity index is 1650. The zero-order chi connectivity index (χ0) is 24.1. The first-order valence-corrected chi connectivity index (χ1v) is 13.9. The molecule has 6 aromatic rings.